The lowest BCUT2D eigenvalue weighted by molar-refractivity contribution is 0.425. The first-order valence-corrected chi connectivity index (χ1v) is 6.67. The van der Waals surface area contributed by atoms with Crippen molar-refractivity contribution < 1.29 is 0 Å². The molecule has 4 heteroatoms. The van der Waals surface area contributed by atoms with Crippen LogP contribution >= 0.6 is 11.5 Å². The third kappa shape index (κ3) is 1.13. The summed E-state index contributed by atoms with van der Waals surface area (Å²) in [7, 11) is 0. The maximum Gasteiger partial charge on any atom is 0.142 e. The maximum absolute atomic E-state index is 4.50. The van der Waals surface area contributed by atoms with Gasteiger partial charge in [0, 0.05) is 28.9 Å². The van der Waals surface area contributed by atoms with E-state index in [2.05, 4.69) is 25.5 Å². The molecule has 0 amide bonds. The molecule has 2 aliphatic carbocycles. The van der Waals surface area contributed by atoms with Gasteiger partial charge in [0.05, 0.1) is 6.20 Å². The van der Waals surface area contributed by atoms with Crippen LogP contribution in [0.3, 0.4) is 0 Å². The summed E-state index contributed by atoms with van der Waals surface area (Å²) >= 11 is 1.50. The lowest BCUT2D eigenvalue weighted by Crippen LogP contribution is -2.19. The molecule has 0 N–H and O–H groups in total. The van der Waals surface area contributed by atoms with Crippen molar-refractivity contribution in [2.45, 2.75) is 31.2 Å². The zero-order valence-electron chi connectivity index (χ0n) is 8.97. The molecule has 0 aliphatic heterocycles. The van der Waals surface area contributed by atoms with Gasteiger partial charge in [-0.2, -0.15) is 0 Å². The summed E-state index contributed by atoms with van der Waals surface area (Å²) in [4.78, 5) is 4.50. The predicted octanol–water partition coefficient (Wildman–Crippen LogP) is 2.91. The van der Waals surface area contributed by atoms with Crippen LogP contribution in [0.4, 0.5) is 0 Å². The molecule has 2 aliphatic rings. The fourth-order valence-electron chi connectivity index (χ4n) is 2.79. The molecule has 0 bridgehead atoms. The molecule has 0 aromatic carbocycles. The van der Waals surface area contributed by atoms with Gasteiger partial charge in [0.1, 0.15) is 5.82 Å². The molecular formula is C12H13N3S. The van der Waals surface area contributed by atoms with Crippen LogP contribution in [0.25, 0.3) is 11.4 Å². The second-order valence-electron chi connectivity index (χ2n) is 4.91. The van der Waals surface area contributed by atoms with E-state index in [0.717, 1.165) is 11.7 Å². The van der Waals surface area contributed by atoms with E-state index in [9.17, 15) is 0 Å². The van der Waals surface area contributed by atoms with E-state index in [1.54, 1.807) is 0 Å². The van der Waals surface area contributed by atoms with E-state index in [1.807, 2.05) is 12.4 Å². The van der Waals surface area contributed by atoms with E-state index < -0.39 is 0 Å². The van der Waals surface area contributed by atoms with Gasteiger partial charge in [-0.25, -0.2) is 9.36 Å². The van der Waals surface area contributed by atoms with Crippen molar-refractivity contribution in [1.29, 1.82) is 0 Å². The van der Waals surface area contributed by atoms with Crippen LogP contribution in [0.5, 0.6) is 0 Å². The zero-order chi connectivity index (χ0) is 10.6. The van der Waals surface area contributed by atoms with Gasteiger partial charge < -0.3 is 4.57 Å². The summed E-state index contributed by atoms with van der Waals surface area (Å²) in [6, 6.07) is 0. The molecule has 16 heavy (non-hydrogen) atoms. The number of hydrogen-bond acceptors (Lipinski definition) is 3. The number of rotatable bonds is 3. The van der Waals surface area contributed by atoms with Crippen LogP contribution in [0, 0.1) is 5.92 Å². The molecule has 0 saturated heterocycles. The van der Waals surface area contributed by atoms with Crippen LogP contribution in [-0.2, 0) is 5.54 Å². The second-order valence-corrected chi connectivity index (χ2v) is 5.57. The number of imidazole rings is 1. The molecule has 0 spiro atoms. The van der Waals surface area contributed by atoms with Gasteiger partial charge in [-0.3, -0.25) is 0 Å². The molecule has 0 atom stereocenters. The Hall–Kier alpha value is -1.16. The molecule has 0 unspecified atom stereocenters. The highest BCUT2D eigenvalue weighted by atomic mass is 32.1. The fraction of sp³-hybridized carbons (Fsp3) is 0.500. The SMILES string of the molecule is c1cn(C2(C3CC3)CC2)c(-c2cnsc2)n1. The highest BCUT2D eigenvalue weighted by molar-refractivity contribution is 7.03. The van der Waals surface area contributed by atoms with Gasteiger partial charge in [0.15, 0.2) is 0 Å². The number of aromatic nitrogens is 3. The quantitative estimate of drug-likeness (QED) is 0.813. The van der Waals surface area contributed by atoms with Crippen molar-refractivity contribution >= 4 is 11.5 Å². The highest BCUT2D eigenvalue weighted by Gasteiger charge is 2.55. The zero-order valence-corrected chi connectivity index (χ0v) is 9.78. The van der Waals surface area contributed by atoms with Gasteiger partial charge in [-0.15, -0.1) is 0 Å². The molecule has 82 valence electrons. The topological polar surface area (TPSA) is 30.7 Å². The summed E-state index contributed by atoms with van der Waals surface area (Å²) in [6.45, 7) is 0. The standard InChI is InChI=1S/C12H13N3S/c1-2-10(1)12(3-4-12)15-6-5-13-11(15)9-7-14-16-8-9/h5-8,10H,1-4H2. The van der Waals surface area contributed by atoms with Gasteiger partial charge >= 0.3 is 0 Å². The number of nitrogens with zero attached hydrogens (tertiary/aromatic N) is 3. The minimum atomic E-state index is 0.424. The average Bonchev–Trinajstić information content (AvgIpc) is 3.18. The lowest BCUT2D eigenvalue weighted by Gasteiger charge is -2.18. The van der Waals surface area contributed by atoms with Crippen molar-refractivity contribution in [2.75, 3.05) is 0 Å². The first-order valence-electron chi connectivity index (χ1n) is 5.84. The normalized spacial score (nSPS) is 22.2. The van der Waals surface area contributed by atoms with Crippen molar-refractivity contribution in [1.82, 2.24) is 13.9 Å². The fourth-order valence-corrected chi connectivity index (χ4v) is 3.30. The van der Waals surface area contributed by atoms with Crippen molar-refractivity contribution in [2.24, 2.45) is 5.92 Å². The Bertz CT molecular complexity index is 506. The third-order valence-corrected chi connectivity index (χ3v) is 4.50. The predicted molar refractivity (Wildman–Crippen MR) is 63.3 cm³/mol. The summed E-state index contributed by atoms with van der Waals surface area (Å²) in [5.41, 5.74) is 1.59. The molecule has 2 heterocycles. The maximum atomic E-state index is 4.50. The van der Waals surface area contributed by atoms with E-state index >= 15 is 0 Å². The van der Waals surface area contributed by atoms with Gasteiger partial charge in [-0.1, -0.05) is 0 Å². The van der Waals surface area contributed by atoms with Crippen LogP contribution < -0.4 is 0 Å². The second kappa shape index (κ2) is 2.94. The Morgan fingerprint density at radius 3 is 2.88 bits per heavy atom. The third-order valence-electron chi connectivity index (χ3n) is 3.91. The molecule has 2 aromatic heterocycles. The van der Waals surface area contributed by atoms with Gasteiger partial charge in [0.25, 0.3) is 0 Å². The minimum absolute atomic E-state index is 0.424. The van der Waals surface area contributed by atoms with Crippen molar-refractivity contribution in [3.63, 3.8) is 0 Å². The Labute approximate surface area is 98.3 Å². The summed E-state index contributed by atoms with van der Waals surface area (Å²) in [6.07, 6.45) is 11.5. The monoisotopic (exact) mass is 231 g/mol. The van der Waals surface area contributed by atoms with E-state index in [1.165, 1.54) is 42.8 Å². The van der Waals surface area contributed by atoms with E-state index in [0.29, 0.717) is 5.54 Å². The lowest BCUT2D eigenvalue weighted by atomic mass is 10.1. The van der Waals surface area contributed by atoms with E-state index in [4.69, 9.17) is 0 Å². The molecule has 3 nitrogen and oxygen atoms in total. The van der Waals surface area contributed by atoms with E-state index in [-0.39, 0.29) is 0 Å². The van der Waals surface area contributed by atoms with Gasteiger partial charge in [-0.05, 0) is 43.1 Å². The minimum Gasteiger partial charge on any atom is -0.325 e. The first kappa shape index (κ1) is 8.93. The molecule has 0 radical (unpaired) electrons. The first-order chi connectivity index (χ1) is 7.90. The van der Waals surface area contributed by atoms with Crippen LogP contribution in [0.15, 0.2) is 24.0 Å². The van der Waals surface area contributed by atoms with Crippen LogP contribution in [-0.4, -0.2) is 13.9 Å². The van der Waals surface area contributed by atoms with Crippen LogP contribution in [0.1, 0.15) is 25.7 Å². The van der Waals surface area contributed by atoms with Crippen LogP contribution in [0.2, 0.25) is 0 Å². The molecular weight excluding hydrogens is 218 g/mol. The Morgan fingerprint density at radius 1 is 1.38 bits per heavy atom. The summed E-state index contributed by atoms with van der Waals surface area (Å²) < 4.78 is 6.58. The molecule has 4 rings (SSSR count). The number of hydrogen-bond donors (Lipinski definition) is 0. The Balaban J connectivity index is 1.82. The molecule has 2 aromatic rings. The Kier molecular flexibility index (Phi) is 1.64. The largest absolute Gasteiger partial charge is 0.325 e. The Morgan fingerprint density at radius 2 is 2.25 bits per heavy atom. The summed E-state index contributed by atoms with van der Waals surface area (Å²) in [5, 5.41) is 2.09. The van der Waals surface area contributed by atoms with Gasteiger partial charge in [0.2, 0.25) is 0 Å². The van der Waals surface area contributed by atoms with Crippen molar-refractivity contribution in [3.05, 3.63) is 24.0 Å². The smallest absolute Gasteiger partial charge is 0.142 e. The highest BCUT2D eigenvalue weighted by Crippen LogP contribution is 2.60. The molecule has 2 saturated carbocycles. The molecule has 2 fully saturated rings. The average molecular weight is 231 g/mol. The summed E-state index contributed by atoms with van der Waals surface area (Å²) in [5.74, 6) is 2.02. The van der Waals surface area contributed by atoms with Crippen molar-refractivity contribution in [3.8, 4) is 11.4 Å².